The Labute approximate surface area is 71.7 Å². The Kier molecular flexibility index (Phi) is 2.86. The normalized spacial score (nSPS) is 12.0. The lowest BCUT2D eigenvalue weighted by Crippen LogP contribution is -2.16. The van der Waals surface area contributed by atoms with Crippen molar-refractivity contribution in [2.24, 2.45) is 0 Å². The molecule has 0 spiro atoms. The highest BCUT2D eigenvalue weighted by molar-refractivity contribution is 4.80. The summed E-state index contributed by atoms with van der Waals surface area (Å²) in [6, 6.07) is 0. The quantitative estimate of drug-likeness (QED) is 0.734. The van der Waals surface area contributed by atoms with Crippen molar-refractivity contribution in [3.8, 4) is 0 Å². The van der Waals surface area contributed by atoms with Gasteiger partial charge in [0.25, 0.3) is 0 Å². The third-order valence-corrected chi connectivity index (χ3v) is 1.07. The van der Waals surface area contributed by atoms with E-state index in [-0.39, 0.29) is 12.4 Å². The second kappa shape index (κ2) is 3.73. The summed E-state index contributed by atoms with van der Waals surface area (Å²) >= 11 is 0. The molecule has 0 amide bonds. The lowest BCUT2D eigenvalue weighted by Gasteiger charge is -2.04. The van der Waals surface area contributed by atoms with Crippen molar-refractivity contribution in [3.05, 3.63) is 11.7 Å². The first-order valence-corrected chi connectivity index (χ1v) is 3.41. The van der Waals surface area contributed by atoms with Crippen molar-refractivity contribution in [2.45, 2.75) is 19.7 Å². The summed E-state index contributed by atoms with van der Waals surface area (Å²) in [7, 11) is 0. The van der Waals surface area contributed by atoms with Crippen LogP contribution in [0.4, 0.5) is 13.2 Å². The minimum absolute atomic E-state index is 0.113. The number of rotatable bonds is 3. The van der Waals surface area contributed by atoms with Crippen LogP contribution in [-0.4, -0.2) is 22.9 Å². The van der Waals surface area contributed by atoms with Crippen molar-refractivity contribution in [1.82, 2.24) is 10.1 Å². The minimum atomic E-state index is -4.32. The Morgan fingerprint density at radius 3 is 2.62 bits per heavy atom. The number of nitrogens with zero attached hydrogens (tertiary/aromatic N) is 2. The zero-order valence-electron chi connectivity index (χ0n) is 6.76. The second-order valence-electron chi connectivity index (χ2n) is 2.34. The van der Waals surface area contributed by atoms with Crippen LogP contribution in [0.3, 0.4) is 0 Å². The van der Waals surface area contributed by atoms with Gasteiger partial charge in [0.2, 0.25) is 5.89 Å². The SMILES string of the molecule is Cc1nc(COCC(F)(F)F)no1. The standard InChI is InChI=1S/C6H7F3N2O2/c1-4-10-5(11-13-4)2-12-3-6(7,8)9/h2-3H2,1H3. The molecule has 0 aliphatic heterocycles. The molecule has 0 unspecified atom stereocenters. The maximum atomic E-state index is 11.6. The lowest BCUT2D eigenvalue weighted by atomic mass is 10.6. The Morgan fingerprint density at radius 1 is 1.46 bits per heavy atom. The molecule has 0 atom stereocenters. The topological polar surface area (TPSA) is 48.2 Å². The first kappa shape index (κ1) is 9.97. The third-order valence-electron chi connectivity index (χ3n) is 1.07. The smallest absolute Gasteiger partial charge is 0.364 e. The number of hydrogen-bond donors (Lipinski definition) is 0. The van der Waals surface area contributed by atoms with Gasteiger partial charge in [0, 0.05) is 6.92 Å². The summed E-state index contributed by atoms with van der Waals surface area (Å²) in [5, 5.41) is 3.36. The molecule has 0 aromatic carbocycles. The molecule has 0 saturated carbocycles. The molecule has 74 valence electrons. The number of aromatic nitrogens is 2. The lowest BCUT2D eigenvalue weighted by molar-refractivity contribution is -0.177. The highest BCUT2D eigenvalue weighted by atomic mass is 19.4. The van der Waals surface area contributed by atoms with E-state index in [1.54, 1.807) is 6.92 Å². The number of hydrogen-bond acceptors (Lipinski definition) is 4. The first-order chi connectivity index (χ1) is 5.97. The largest absolute Gasteiger partial charge is 0.411 e. The van der Waals surface area contributed by atoms with E-state index < -0.39 is 12.8 Å². The van der Waals surface area contributed by atoms with Gasteiger partial charge < -0.3 is 9.26 Å². The summed E-state index contributed by atoms with van der Waals surface area (Å²) in [5.74, 6) is 0.410. The zero-order chi connectivity index (χ0) is 9.90. The Balaban J connectivity index is 2.28. The molecule has 0 radical (unpaired) electrons. The number of aryl methyl sites for hydroxylation is 1. The molecular formula is C6H7F3N2O2. The van der Waals surface area contributed by atoms with Crippen LogP contribution in [0.5, 0.6) is 0 Å². The monoisotopic (exact) mass is 196 g/mol. The minimum Gasteiger partial charge on any atom is -0.364 e. The fourth-order valence-electron chi connectivity index (χ4n) is 0.658. The Bertz CT molecular complexity index is 271. The van der Waals surface area contributed by atoms with E-state index in [1.807, 2.05) is 0 Å². The number of alkyl halides is 3. The van der Waals surface area contributed by atoms with Gasteiger partial charge in [0.1, 0.15) is 13.2 Å². The van der Waals surface area contributed by atoms with Gasteiger partial charge in [-0.3, -0.25) is 0 Å². The van der Waals surface area contributed by atoms with Gasteiger partial charge in [-0.15, -0.1) is 0 Å². The van der Waals surface area contributed by atoms with Crippen molar-refractivity contribution in [2.75, 3.05) is 6.61 Å². The van der Waals surface area contributed by atoms with E-state index in [0.29, 0.717) is 5.89 Å². The summed E-state index contributed by atoms with van der Waals surface area (Å²) in [4.78, 5) is 3.66. The van der Waals surface area contributed by atoms with Gasteiger partial charge in [0.05, 0.1) is 0 Å². The predicted molar refractivity (Wildman–Crippen MR) is 34.7 cm³/mol. The molecule has 0 saturated heterocycles. The van der Waals surface area contributed by atoms with E-state index in [9.17, 15) is 13.2 Å². The van der Waals surface area contributed by atoms with E-state index in [2.05, 4.69) is 19.4 Å². The van der Waals surface area contributed by atoms with Crippen molar-refractivity contribution < 1.29 is 22.4 Å². The predicted octanol–water partition coefficient (Wildman–Crippen LogP) is 1.46. The Hall–Kier alpha value is -1.11. The molecule has 4 nitrogen and oxygen atoms in total. The molecule has 0 N–H and O–H groups in total. The summed E-state index contributed by atoms with van der Waals surface area (Å²) in [6.45, 7) is -0.0578. The molecule has 7 heteroatoms. The van der Waals surface area contributed by atoms with E-state index in [1.165, 1.54) is 0 Å². The number of ether oxygens (including phenoxy) is 1. The summed E-state index contributed by atoms with van der Waals surface area (Å²) in [5.41, 5.74) is 0. The van der Waals surface area contributed by atoms with Crippen LogP contribution in [0.15, 0.2) is 4.52 Å². The van der Waals surface area contributed by atoms with Gasteiger partial charge in [-0.2, -0.15) is 18.2 Å². The fourth-order valence-corrected chi connectivity index (χ4v) is 0.658. The molecule has 1 heterocycles. The molecule has 1 rings (SSSR count). The molecular weight excluding hydrogens is 189 g/mol. The number of halogens is 3. The Morgan fingerprint density at radius 2 is 2.15 bits per heavy atom. The van der Waals surface area contributed by atoms with Crippen LogP contribution in [0.25, 0.3) is 0 Å². The van der Waals surface area contributed by atoms with Gasteiger partial charge in [0.15, 0.2) is 5.82 Å². The molecule has 0 aliphatic rings. The zero-order valence-corrected chi connectivity index (χ0v) is 6.76. The van der Waals surface area contributed by atoms with Crippen molar-refractivity contribution in [3.63, 3.8) is 0 Å². The van der Waals surface area contributed by atoms with E-state index in [4.69, 9.17) is 0 Å². The second-order valence-corrected chi connectivity index (χ2v) is 2.34. The van der Waals surface area contributed by atoms with Crippen molar-refractivity contribution in [1.29, 1.82) is 0 Å². The van der Waals surface area contributed by atoms with Crippen LogP contribution in [0.1, 0.15) is 11.7 Å². The fraction of sp³-hybridized carbons (Fsp3) is 0.667. The van der Waals surface area contributed by atoms with Crippen LogP contribution < -0.4 is 0 Å². The van der Waals surface area contributed by atoms with Crippen LogP contribution >= 0.6 is 0 Å². The summed E-state index contributed by atoms with van der Waals surface area (Å²) < 4.78 is 43.5. The average Bonchev–Trinajstić information content (AvgIpc) is 2.33. The van der Waals surface area contributed by atoms with Gasteiger partial charge in [-0.05, 0) is 0 Å². The van der Waals surface area contributed by atoms with Crippen LogP contribution in [0.2, 0.25) is 0 Å². The maximum absolute atomic E-state index is 11.6. The molecule has 0 bridgehead atoms. The van der Waals surface area contributed by atoms with Crippen LogP contribution in [-0.2, 0) is 11.3 Å². The van der Waals surface area contributed by atoms with Gasteiger partial charge >= 0.3 is 6.18 Å². The van der Waals surface area contributed by atoms with E-state index in [0.717, 1.165) is 0 Å². The third kappa shape index (κ3) is 3.88. The van der Waals surface area contributed by atoms with Gasteiger partial charge in [-0.1, -0.05) is 5.16 Å². The van der Waals surface area contributed by atoms with Gasteiger partial charge in [-0.25, -0.2) is 0 Å². The molecule has 1 aromatic heterocycles. The first-order valence-electron chi connectivity index (χ1n) is 3.41. The molecule has 1 aromatic rings. The molecule has 13 heavy (non-hydrogen) atoms. The highest BCUT2D eigenvalue weighted by Gasteiger charge is 2.27. The van der Waals surface area contributed by atoms with E-state index >= 15 is 0 Å². The molecule has 0 fully saturated rings. The highest BCUT2D eigenvalue weighted by Crippen LogP contribution is 2.14. The maximum Gasteiger partial charge on any atom is 0.411 e. The summed E-state index contributed by atoms with van der Waals surface area (Å²) in [6.07, 6.45) is -4.32. The average molecular weight is 196 g/mol. The van der Waals surface area contributed by atoms with Crippen molar-refractivity contribution >= 4 is 0 Å². The molecule has 0 aliphatic carbocycles. The van der Waals surface area contributed by atoms with Crippen LogP contribution in [0, 0.1) is 6.92 Å².